The van der Waals surface area contributed by atoms with Gasteiger partial charge in [0, 0.05) is 0 Å². The molecule has 1 N–H and O–H groups in total. The van der Waals surface area contributed by atoms with Crippen molar-refractivity contribution in [1.29, 1.82) is 0 Å². The van der Waals surface area contributed by atoms with Gasteiger partial charge in [0.25, 0.3) is 0 Å². The Morgan fingerprint density at radius 1 is 1.21 bits per heavy atom. The van der Waals surface area contributed by atoms with Crippen molar-refractivity contribution >= 4 is 6.41 Å². The zero-order valence-corrected chi connectivity index (χ0v) is 8.70. The Morgan fingerprint density at radius 2 is 1.79 bits per heavy atom. The van der Waals surface area contributed by atoms with Crippen LogP contribution in [0.1, 0.15) is 26.3 Å². The molecule has 0 heterocycles. The quantitative estimate of drug-likeness (QED) is 0.589. The normalized spacial score (nSPS) is 10.8. The van der Waals surface area contributed by atoms with Crippen LogP contribution >= 0.6 is 0 Å². The van der Waals surface area contributed by atoms with E-state index in [1.54, 1.807) is 0 Å². The average Bonchev–Trinajstić information content (AvgIpc) is 2.14. The van der Waals surface area contributed by atoms with E-state index in [1.165, 1.54) is 5.56 Å². The van der Waals surface area contributed by atoms with E-state index < -0.39 is 0 Å². The first kappa shape index (κ1) is 10.6. The van der Waals surface area contributed by atoms with Crippen molar-refractivity contribution in [2.75, 3.05) is 0 Å². The summed E-state index contributed by atoms with van der Waals surface area (Å²) in [5.41, 5.74) is 3.51. The SMILES string of the molecule is CC(C)(C)c1ccc(ONC=O)cc1. The molecular formula is C11H15NO2. The van der Waals surface area contributed by atoms with Gasteiger partial charge in [-0.3, -0.25) is 4.79 Å². The van der Waals surface area contributed by atoms with Gasteiger partial charge in [0.15, 0.2) is 5.75 Å². The first-order valence-electron chi connectivity index (χ1n) is 4.50. The molecule has 0 fully saturated rings. The summed E-state index contributed by atoms with van der Waals surface area (Å²) < 4.78 is 0. The Bertz CT molecular complexity index is 298. The fourth-order valence-electron chi connectivity index (χ4n) is 1.12. The molecule has 0 aliphatic rings. The summed E-state index contributed by atoms with van der Waals surface area (Å²) in [5, 5.41) is 0. The van der Waals surface area contributed by atoms with Gasteiger partial charge in [-0.1, -0.05) is 32.9 Å². The summed E-state index contributed by atoms with van der Waals surface area (Å²) in [5.74, 6) is 0.630. The largest absolute Gasteiger partial charge is 0.380 e. The molecule has 0 aliphatic carbocycles. The van der Waals surface area contributed by atoms with E-state index in [0.717, 1.165) is 0 Å². The molecule has 0 aromatic heterocycles. The molecule has 0 atom stereocenters. The predicted octanol–water partition coefficient (Wildman–Crippen LogP) is 2.02. The number of hydroxylamine groups is 1. The number of amides is 1. The maximum absolute atomic E-state index is 9.97. The highest BCUT2D eigenvalue weighted by Gasteiger charge is 2.12. The lowest BCUT2D eigenvalue weighted by molar-refractivity contribution is -0.115. The van der Waals surface area contributed by atoms with Crippen molar-refractivity contribution in [3.8, 4) is 5.75 Å². The molecule has 76 valence electrons. The van der Waals surface area contributed by atoms with Crippen LogP contribution in [-0.4, -0.2) is 6.41 Å². The molecule has 1 aromatic rings. The molecule has 0 saturated carbocycles. The van der Waals surface area contributed by atoms with Crippen molar-refractivity contribution in [2.24, 2.45) is 0 Å². The van der Waals surface area contributed by atoms with Crippen LogP contribution in [0.15, 0.2) is 24.3 Å². The van der Waals surface area contributed by atoms with E-state index in [0.29, 0.717) is 12.2 Å². The van der Waals surface area contributed by atoms with E-state index in [4.69, 9.17) is 4.84 Å². The topological polar surface area (TPSA) is 38.3 Å². The number of rotatable bonds is 3. The lowest BCUT2D eigenvalue weighted by atomic mass is 9.87. The minimum Gasteiger partial charge on any atom is -0.380 e. The highest BCUT2D eigenvalue weighted by molar-refractivity contribution is 5.44. The molecule has 1 aromatic carbocycles. The number of hydrogen-bond acceptors (Lipinski definition) is 2. The van der Waals surface area contributed by atoms with Gasteiger partial charge in [-0.15, -0.1) is 0 Å². The minimum absolute atomic E-state index is 0.136. The van der Waals surface area contributed by atoms with Crippen LogP contribution in [0.25, 0.3) is 0 Å². The second kappa shape index (κ2) is 4.13. The van der Waals surface area contributed by atoms with Gasteiger partial charge in [-0.25, -0.2) is 0 Å². The number of nitrogens with one attached hydrogen (secondary N) is 1. The Labute approximate surface area is 84.0 Å². The lowest BCUT2D eigenvalue weighted by Crippen LogP contribution is -2.16. The van der Waals surface area contributed by atoms with Gasteiger partial charge in [-0.2, -0.15) is 5.48 Å². The van der Waals surface area contributed by atoms with E-state index >= 15 is 0 Å². The van der Waals surface area contributed by atoms with E-state index in [1.807, 2.05) is 24.3 Å². The Hall–Kier alpha value is -1.51. The standard InChI is InChI=1S/C11H15NO2/c1-11(2,3)9-4-6-10(7-5-9)14-12-8-13/h4-8H,1-3H3,(H,12,13). The maximum atomic E-state index is 9.97. The van der Waals surface area contributed by atoms with E-state index in [2.05, 4.69) is 26.3 Å². The molecule has 3 heteroatoms. The van der Waals surface area contributed by atoms with Crippen molar-refractivity contribution in [1.82, 2.24) is 5.48 Å². The molecule has 14 heavy (non-hydrogen) atoms. The van der Waals surface area contributed by atoms with Gasteiger partial charge in [0.1, 0.15) is 0 Å². The first-order chi connectivity index (χ1) is 6.54. The predicted molar refractivity (Wildman–Crippen MR) is 55.0 cm³/mol. The number of benzene rings is 1. The minimum atomic E-state index is 0.136. The molecule has 1 rings (SSSR count). The first-order valence-corrected chi connectivity index (χ1v) is 4.50. The fraction of sp³-hybridized carbons (Fsp3) is 0.364. The Kier molecular flexibility index (Phi) is 3.12. The fourth-order valence-corrected chi connectivity index (χ4v) is 1.12. The zero-order valence-electron chi connectivity index (χ0n) is 8.70. The van der Waals surface area contributed by atoms with E-state index in [9.17, 15) is 4.79 Å². The van der Waals surface area contributed by atoms with Crippen LogP contribution in [-0.2, 0) is 10.2 Å². The van der Waals surface area contributed by atoms with Crippen LogP contribution < -0.4 is 10.3 Å². The highest BCUT2D eigenvalue weighted by Crippen LogP contribution is 2.23. The number of carbonyl (C=O) groups is 1. The molecule has 0 bridgehead atoms. The van der Waals surface area contributed by atoms with Crippen LogP contribution in [0, 0.1) is 0 Å². The summed E-state index contributed by atoms with van der Waals surface area (Å²) >= 11 is 0. The lowest BCUT2D eigenvalue weighted by Gasteiger charge is -2.18. The van der Waals surface area contributed by atoms with Gasteiger partial charge in [0.05, 0.1) is 0 Å². The Balaban J connectivity index is 2.73. The Morgan fingerprint density at radius 3 is 2.21 bits per heavy atom. The highest BCUT2D eigenvalue weighted by atomic mass is 16.6. The summed E-state index contributed by atoms with van der Waals surface area (Å²) in [6.45, 7) is 6.44. The number of hydrogen-bond donors (Lipinski definition) is 1. The van der Waals surface area contributed by atoms with Crippen LogP contribution in [0.4, 0.5) is 0 Å². The second-order valence-electron chi connectivity index (χ2n) is 4.11. The smallest absolute Gasteiger partial charge is 0.239 e. The van der Waals surface area contributed by atoms with Gasteiger partial charge in [0.2, 0.25) is 6.41 Å². The summed E-state index contributed by atoms with van der Waals surface area (Å²) in [6.07, 6.45) is 0.498. The van der Waals surface area contributed by atoms with Crippen molar-refractivity contribution in [2.45, 2.75) is 26.2 Å². The average molecular weight is 193 g/mol. The third-order valence-electron chi connectivity index (χ3n) is 1.95. The maximum Gasteiger partial charge on any atom is 0.239 e. The molecule has 0 saturated heterocycles. The zero-order chi connectivity index (χ0) is 10.6. The van der Waals surface area contributed by atoms with Crippen molar-refractivity contribution in [3.05, 3.63) is 29.8 Å². The summed E-state index contributed by atoms with van der Waals surface area (Å²) in [7, 11) is 0. The van der Waals surface area contributed by atoms with Crippen LogP contribution in [0.5, 0.6) is 5.75 Å². The molecule has 0 radical (unpaired) electrons. The van der Waals surface area contributed by atoms with Gasteiger partial charge < -0.3 is 4.84 Å². The molecule has 3 nitrogen and oxygen atoms in total. The van der Waals surface area contributed by atoms with Gasteiger partial charge >= 0.3 is 0 Å². The molecular weight excluding hydrogens is 178 g/mol. The van der Waals surface area contributed by atoms with Gasteiger partial charge in [-0.05, 0) is 23.1 Å². The third kappa shape index (κ3) is 2.76. The summed E-state index contributed by atoms with van der Waals surface area (Å²) in [4.78, 5) is 14.9. The monoisotopic (exact) mass is 193 g/mol. The van der Waals surface area contributed by atoms with Crippen LogP contribution in [0.3, 0.4) is 0 Å². The summed E-state index contributed by atoms with van der Waals surface area (Å²) in [6, 6.07) is 7.64. The van der Waals surface area contributed by atoms with Crippen molar-refractivity contribution < 1.29 is 9.63 Å². The second-order valence-corrected chi connectivity index (χ2v) is 4.11. The molecule has 1 amide bonds. The van der Waals surface area contributed by atoms with Crippen LogP contribution in [0.2, 0.25) is 0 Å². The molecule has 0 aliphatic heterocycles. The molecule has 0 unspecified atom stereocenters. The third-order valence-corrected chi connectivity index (χ3v) is 1.95. The van der Waals surface area contributed by atoms with E-state index in [-0.39, 0.29) is 5.41 Å². The number of carbonyl (C=O) groups excluding carboxylic acids is 1. The van der Waals surface area contributed by atoms with Crippen molar-refractivity contribution in [3.63, 3.8) is 0 Å². The molecule has 0 spiro atoms.